The fourth-order valence-corrected chi connectivity index (χ4v) is 1.58. The number of benzene rings is 1. The van der Waals surface area contributed by atoms with E-state index in [0.29, 0.717) is 5.56 Å². The van der Waals surface area contributed by atoms with Gasteiger partial charge in [-0.05, 0) is 18.6 Å². The van der Waals surface area contributed by atoms with Crippen LogP contribution in [0.15, 0.2) is 18.2 Å². The Labute approximate surface area is 105 Å². The van der Waals surface area contributed by atoms with Gasteiger partial charge in [0, 0.05) is 5.56 Å². The molecular weight excluding hydrogens is 295 g/mol. The van der Waals surface area contributed by atoms with Crippen molar-refractivity contribution in [1.82, 2.24) is 0 Å². The van der Waals surface area contributed by atoms with Crippen LogP contribution in [-0.4, -0.2) is 22.0 Å². The molecular formula is C11H10BrFO4. The van der Waals surface area contributed by atoms with Crippen molar-refractivity contribution in [1.29, 1.82) is 0 Å². The predicted molar refractivity (Wildman–Crippen MR) is 61.3 cm³/mol. The first-order chi connectivity index (χ1) is 7.84. The molecule has 0 fully saturated rings. The van der Waals surface area contributed by atoms with E-state index in [-0.39, 0.29) is 11.3 Å². The number of halogens is 2. The number of carbonyl (C=O) groups is 2. The number of hydrogen-bond donors (Lipinski definition) is 2. The molecule has 6 heteroatoms. The van der Waals surface area contributed by atoms with E-state index in [2.05, 4.69) is 15.9 Å². The third-order valence-electron chi connectivity index (χ3n) is 2.20. The van der Waals surface area contributed by atoms with Crippen molar-refractivity contribution in [2.24, 2.45) is 0 Å². The molecule has 0 aliphatic carbocycles. The summed E-state index contributed by atoms with van der Waals surface area (Å²) in [6.07, 6.45) is -1.91. The summed E-state index contributed by atoms with van der Waals surface area (Å²) in [6, 6.07) is 3.58. The first-order valence-corrected chi connectivity index (χ1v) is 5.61. The summed E-state index contributed by atoms with van der Waals surface area (Å²) in [5, 5.41) is 17.7. The zero-order valence-electron chi connectivity index (χ0n) is 8.85. The molecule has 0 saturated carbocycles. The molecule has 0 bridgehead atoms. The molecule has 0 aliphatic heterocycles. The van der Waals surface area contributed by atoms with Crippen molar-refractivity contribution in [3.05, 3.63) is 35.1 Å². The van der Waals surface area contributed by atoms with Gasteiger partial charge in [-0.2, -0.15) is 0 Å². The minimum Gasteiger partial charge on any atom is -0.479 e. The third kappa shape index (κ3) is 3.10. The molecule has 1 rings (SSSR count). The highest BCUT2D eigenvalue weighted by atomic mass is 79.9. The van der Waals surface area contributed by atoms with Gasteiger partial charge in [-0.25, -0.2) is 9.18 Å². The summed E-state index contributed by atoms with van der Waals surface area (Å²) < 4.78 is 13.5. The molecule has 0 spiro atoms. The Bertz CT molecular complexity index is 461. The Morgan fingerprint density at radius 2 is 2.00 bits per heavy atom. The molecule has 2 unspecified atom stereocenters. The maximum atomic E-state index is 13.5. The molecule has 1 aromatic carbocycles. The molecule has 0 saturated heterocycles. The van der Waals surface area contributed by atoms with E-state index in [9.17, 15) is 19.1 Å². The van der Waals surface area contributed by atoms with E-state index >= 15 is 0 Å². The summed E-state index contributed by atoms with van der Waals surface area (Å²) in [7, 11) is 0. The molecule has 0 aromatic heterocycles. The maximum absolute atomic E-state index is 13.5. The number of alkyl halides is 1. The number of carbonyl (C=O) groups excluding carboxylic acids is 1. The average molecular weight is 305 g/mol. The van der Waals surface area contributed by atoms with Crippen LogP contribution in [0, 0.1) is 5.82 Å². The van der Waals surface area contributed by atoms with Crippen molar-refractivity contribution >= 4 is 27.7 Å². The average Bonchev–Trinajstić information content (AvgIpc) is 2.26. The van der Waals surface area contributed by atoms with E-state index in [1.807, 2.05) is 0 Å². The van der Waals surface area contributed by atoms with Gasteiger partial charge >= 0.3 is 5.97 Å². The molecule has 2 N–H and O–H groups in total. The Kier molecular flexibility index (Phi) is 4.36. The molecule has 0 radical (unpaired) electrons. The lowest BCUT2D eigenvalue weighted by Gasteiger charge is -2.11. The smallest absolute Gasteiger partial charge is 0.337 e. The Hall–Kier alpha value is -1.27. The van der Waals surface area contributed by atoms with Crippen LogP contribution in [0.2, 0.25) is 0 Å². The standard InChI is InChI=1S/C11H10BrFO4/c1-5(14)9(12)6-2-3-7(8(13)4-6)10(15)11(16)17/h2-4,9-10,15H,1H3,(H,16,17). The highest BCUT2D eigenvalue weighted by Gasteiger charge is 2.21. The van der Waals surface area contributed by atoms with E-state index in [1.165, 1.54) is 13.0 Å². The predicted octanol–water partition coefficient (Wildman–Crippen LogP) is 1.97. The fourth-order valence-electron chi connectivity index (χ4n) is 1.29. The summed E-state index contributed by atoms with van der Waals surface area (Å²) in [6.45, 7) is 1.34. The second-order valence-electron chi connectivity index (χ2n) is 3.49. The Balaban J connectivity index is 3.10. The topological polar surface area (TPSA) is 74.6 Å². The maximum Gasteiger partial charge on any atom is 0.337 e. The zero-order valence-corrected chi connectivity index (χ0v) is 10.4. The summed E-state index contributed by atoms with van der Waals surface area (Å²) >= 11 is 3.08. The molecule has 4 nitrogen and oxygen atoms in total. The lowest BCUT2D eigenvalue weighted by molar-refractivity contribution is -0.147. The van der Waals surface area contributed by atoms with Crippen LogP contribution < -0.4 is 0 Å². The number of aliphatic hydroxyl groups excluding tert-OH is 1. The highest BCUT2D eigenvalue weighted by molar-refractivity contribution is 9.09. The van der Waals surface area contributed by atoms with Crippen molar-refractivity contribution < 1.29 is 24.2 Å². The van der Waals surface area contributed by atoms with Crippen LogP contribution in [0.25, 0.3) is 0 Å². The van der Waals surface area contributed by atoms with Crippen LogP contribution in [0.5, 0.6) is 0 Å². The Morgan fingerprint density at radius 1 is 1.41 bits per heavy atom. The minimum atomic E-state index is -1.91. The third-order valence-corrected chi connectivity index (χ3v) is 3.38. The highest BCUT2D eigenvalue weighted by Crippen LogP contribution is 2.27. The van der Waals surface area contributed by atoms with E-state index in [4.69, 9.17) is 5.11 Å². The second-order valence-corrected chi connectivity index (χ2v) is 4.41. The van der Waals surface area contributed by atoms with Gasteiger partial charge in [-0.15, -0.1) is 0 Å². The number of aliphatic hydroxyl groups is 1. The van der Waals surface area contributed by atoms with E-state index < -0.39 is 22.7 Å². The van der Waals surface area contributed by atoms with Crippen LogP contribution in [0.1, 0.15) is 29.0 Å². The SMILES string of the molecule is CC(=O)C(Br)c1ccc(C(O)C(=O)O)c(F)c1. The number of aliphatic carboxylic acids is 1. The number of carboxylic acids is 1. The van der Waals surface area contributed by atoms with Crippen LogP contribution in [0.3, 0.4) is 0 Å². The molecule has 0 aliphatic rings. The van der Waals surface area contributed by atoms with Gasteiger partial charge < -0.3 is 10.2 Å². The number of rotatable bonds is 4. The van der Waals surface area contributed by atoms with Gasteiger partial charge in [0.25, 0.3) is 0 Å². The van der Waals surface area contributed by atoms with Crippen LogP contribution >= 0.6 is 15.9 Å². The lowest BCUT2D eigenvalue weighted by atomic mass is 10.0. The van der Waals surface area contributed by atoms with Gasteiger partial charge in [0.15, 0.2) is 6.10 Å². The normalized spacial score (nSPS) is 14.1. The largest absolute Gasteiger partial charge is 0.479 e. The number of ketones is 1. The molecule has 2 atom stereocenters. The first-order valence-electron chi connectivity index (χ1n) is 4.69. The monoisotopic (exact) mass is 304 g/mol. The molecule has 1 aromatic rings. The van der Waals surface area contributed by atoms with E-state index in [1.54, 1.807) is 0 Å². The van der Waals surface area contributed by atoms with Crippen molar-refractivity contribution in [3.63, 3.8) is 0 Å². The molecule has 0 amide bonds. The van der Waals surface area contributed by atoms with Crippen LogP contribution in [0.4, 0.5) is 4.39 Å². The van der Waals surface area contributed by atoms with Crippen molar-refractivity contribution in [3.8, 4) is 0 Å². The van der Waals surface area contributed by atoms with Crippen molar-refractivity contribution in [2.45, 2.75) is 17.9 Å². The van der Waals surface area contributed by atoms with Gasteiger partial charge in [-0.3, -0.25) is 4.79 Å². The lowest BCUT2D eigenvalue weighted by Crippen LogP contribution is -2.13. The summed E-state index contributed by atoms with van der Waals surface area (Å²) in [5.41, 5.74) is 0.0424. The van der Waals surface area contributed by atoms with Crippen LogP contribution in [-0.2, 0) is 9.59 Å². The van der Waals surface area contributed by atoms with E-state index in [0.717, 1.165) is 12.1 Å². The van der Waals surface area contributed by atoms with Gasteiger partial charge in [0.05, 0.1) is 4.83 Å². The minimum absolute atomic E-state index is 0.198. The second kappa shape index (κ2) is 5.37. The number of carboxylic acid groups (broad SMARTS) is 1. The van der Waals surface area contributed by atoms with Gasteiger partial charge in [0.1, 0.15) is 11.6 Å². The summed E-state index contributed by atoms with van der Waals surface area (Å²) in [5.74, 6) is -2.59. The number of Topliss-reactive ketones (excluding diaryl/α,β-unsaturated/α-hetero) is 1. The molecule has 0 heterocycles. The zero-order chi connectivity index (χ0) is 13.2. The number of hydrogen-bond acceptors (Lipinski definition) is 3. The fraction of sp³-hybridized carbons (Fsp3) is 0.273. The molecule has 17 heavy (non-hydrogen) atoms. The Morgan fingerprint density at radius 3 is 2.41 bits per heavy atom. The molecule has 92 valence electrons. The summed E-state index contributed by atoms with van der Waals surface area (Å²) in [4.78, 5) is 20.9. The van der Waals surface area contributed by atoms with Crippen molar-refractivity contribution in [2.75, 3.05) is 0 Å². The quantitative estimate of drug-likeness (QED) is 0.834. The van der Waals surface area contributed by atoms with Gasteiger partial charge in [-0.1, -0.05) is 28.1 Å². The first kappa shape index (κ1) is 13.8. The van der Waals surface area contributed by atoms with Gasteiger partial charge in [0.2, 0.25) is 0 Å².